The van der Waals surface area contributed by atoms with E-state index in [2.05, 4.69) is 37.9 Å². The highest BCUT2D eigenvalue weighted by Gasteiger charge is 2.34. The van der Waals surface area contributed by atoms with Gasteiger partial charge in [0.05, 0.1) is 29.0 Å². The molecule has 1 aliphatic heterocycles. The molecule has 2 aromatic heterocycles. The van der Waals surface area contributed by atoms with Crippen molar-refractivity contribution >= 4 is 46.8 Å². The third kappa shape index (κ3) is 7.26. The Balaban J connectivity index is 1.69. The van der Waals surface area contributed by atoms with Crippen LogP contribution in [0.4, 0.5) is 19.0 Å². The molecule has 192 valence electrons. The van der Waals surface area contributed by atoms with Crippen LogP contribution >= 0.6 is 22.9 Å². The number of rotatable bonds is 8. The molecule has 1 atom stereocenters. The van der Waals surface area contributed by atoms with Crippen molar-refractivity contribution in [2.45, 2.75) is 26.1 Å². The topological polar surface area (TPSA) is 99.6 Å². The number of nitrogens with one attached hydrogen (secondary N) is 2. The van der Waals surface area contributed by atoms with Crippen molar-refractivity contribution in [2.75, 3.05) is 5.32 Å². The van der Waals surface area contributed by atoms with Crippen molar-refractivity contribution in [2.24, 2.45) is 4.99 Å². The van der Waals surface area contributed by atoms with Gasteiger partial charge in [0, 0.05) is 24.3 Å². The van der Waals surface area contributed by atoms with E-state index in [-0.39, 0.29) is 16.4 Å². The van der Waals surface area contributed by atoms with Gasteiger partial charge in [-0.3, -0.25) is 14.6 Å². The van der Waals surface area contributed by atoms with Crippen LogP contribution in [0.25, 0.3) is 0 Å². The Labute approximate surface area is 219 Å². The van der Waals surface area contributed by atoms with Gasteiger partial charge < -0.3 is 15.5 Å². The number of nitrogens with zero attached hydrogens (tertiary/aromatic N) is 4. The van der Waals surface area contributed by atoms with E-state index in [1.54, 1.807) is 43.3 Å². The molecule has 1 aliphatic rings. The number of thiazole rings is 1. The summed E-state index contributed by atoms with van der Waals surface area (Å²) in [5.74, 6) is -1.53. The molecule has 0 fully saturated rings. The van der Waals surface area contributed by atoms with Gasteiger partial charge in [-0.2, -0.15) is 13.2 Å². The fourth-order valence-electron chi connectivity index (χ4n) is 2.90. The highest BCUT2D eigenvalue weighted by molar-refractivity contribution is 7.13. The highest BCUT2D eigenvalue weighted by Crippen LogP contribution is 2.35. The maximum atomic E-state index is 13.1. The number of aromatic nitrogens is 2. The first kappa shape index (κ1) is 27.6. The second kappa shape index (κ2) is 11.8. The van der Waals surface area contributed by atoms with Crippen LogP contribution in [0.15, 0.2) is 77.8 Å². The van der Waals surface area contributed by atoms with Gasteiger partial charge in [0.1, 0.15) is 21.4 Å². The number of aliphatic imine (C=N–C) groups is 1. The molecule has 0 aliphatic carbocycles. The van der Waals surface area contributed by atoms with E-state index < -0.39 is 34.6 Å². The van der Waals surface area contributed by atoms with Crippen LogP contribution in [0, 0.1) is 0 Å². The Morgan fingerprint density at radius 3 is 2.73 bits per heavy atom. The number of allylic oxidation sites excluding steroid dienone is 3. The van der Waals surface area contributed by atoms with Crippen molar-refractivity contribution in [3.63, 3.8) is 0 Å². The number of hydrogen-bond acceptors (Lipinski definition) is 7. The van der Waals surface area contributed by atoms with Gasteiger partial charge in [0.2, 0.25) is 0 Å². The van der Waals surface area contributed by atoms with Crippen molar-refractivity contribution in [1.82, 2.24) is 20.2 Å². The first-order valence-corrected chi connectivity index (χ1v) is 11.8. The lowest BCUT2D eigenvalue weighted by molar-refractivity contribution is -0.137. The van der Waals surface area contributed by atoms with Crippen molar-refractivity contribution in [3.05, 3.63) is 93.3 Å². The second-order valence-corrected chi connectivity index (χ2v) is 8.85. The molecule has 0 unspecified atom stereocenters. The fraction of sp³-hybridized carbons (Fsp3) is 0.167. The zero-order valence-electron chi connectivity index (χ0n) is 19.5. The number of halogens is 4. The highest BCUT2D eigenvalue weighted by atomic mass is 35.5. The predicted molar refractivity (Wildman–Crippen MR) is 136 cm³/mol. The smallest absolute Gasteiger partial charge is 0.342 e. The zero-order valence-corrected chi connectivity index (χ0v) is 21.1. The molecular weight excluding hydrogens is 529 g/mol. The van der Waals surface area contributed by atoms with Gasteiger partial charge in [-0.05, 0) is 38.1 Å². The lowest BCUT2D eigenvalue weighted by atomic mass is 10.2. The standard InChI is InChI=1S/C24H20ClF3N6O2S/c1-4-29-18(10-14(2)34-8-6-5-7-9-34)21(35)32-15(3)23-31-13-19(37-23)22(36)33-20-11-16(24(26,27)28)17(25)12-30-20/h4-6,8-13,15H,2H2,1,3H3,(H,32,35)(H,30,33,36)/b18-10-,29-4?/t15-/m1/s1. The Kier molecular flexibility index (Phi) is 8.82. The summed E-state index contributed by atoms with van der Waals surface area (Å²) in [6.07, 6.45) is 7.21. The van der Waals surface area contributed by atoms with Gasteiger partial charge >= 0.3 is 6.18 Å². The lowest BCUT2D eigenvalue weighted by Gasteiger charge is -2.17. The Hall–Kier alpha value is -3.99. The van der Waals surface area contributed by atoms with Crippen LogP contribution in [-0.4, -0.2) is 32.9 Å². The van der Waals surface area contributed by atoms with Crippen LogP contribution < -0.4 is 10.6 Å². The third-order valence-corrected chi connectivity index (χ3v) is 6.14. The number of hydrogen-bond donors (Lipinski definition) is 2. The molecule has 8 nitrogen and oxygen atoms in total. The first-order chi connectivity index (χ1) is 17.5. The number of anilines is 1. The average molecular weight is 549 g/mol. The maximum absolute atomic E-state index is 13.1. The van der Waals surface area contributed by atoms with E-state index >= 15 is 0 Å². The third-order valence-electron chi connectivity index (χ3n) is 4.66. The molecule has 37 heavy (non-hydrogen) atoms. The van der Waals surface area contributed by atoms with E-state index in [1.807, 2.05) is 0 Å². The van der Waals surface area contributed by atoms with Gasteiger partial charge in [0.25, 0.3) is 11.8 Å². The summed E-state index contributed by atoms with van der Waals surface area (Å²) < 4.78 is 39.2. The van der Waals surface area contributed by atoms with Gasteiger partial charge in [0.15, 0.2) is 0 Å². The van der Waals surface area contributed by atoms with Crippen molar-refractivity contribution in [3.8, 4) is 0 Å². The molecular formula is C24H20ClF3N6O2S. The quantitative estimate of drug-likeness (QED) is 0.193. The number of alkyl halides is 3. The summed E-state index contributed by atoms with van der Waals surface area (Å²) in [6, 6.07) is 0.0400. The monoisotopic (exact) mass is 548 g/mol. The van der Waals surface area contributed by atoms with Crippen LogP contribution in [0.1, 0.15) is 40.1 Å². The molecule has 0 saturated carbocycles. The zero-order chi connectivity index (χ0) is 27.2. The minimum atomic E-state index is -4.70. The summed E-state index contributed by atoms with van der Waals surface area (Å²) in [4.78, 5) is 39.1. The Morgan fingerprint density at radius 2 is 2.08 bits per heavy atom. The van der Waals surface area contributed by atoms with Gasteiger partial charge in [-0.15, -0.1) is 17.1 Å². The lowest BCUT2D eigenvalue weighted by Crippen LogP contribution is -2.28. The largest absolute Gasteiger partial charge is 0.418 e. The van der Waals surface area contributed by atoms with E-state index in [4.69, 9.17) is 11.6 Å². The van der Waals surface area contributed by atoms with Crippen molar-refractivity contribution in [1.29, 1.82) is 0 Å². The fourth-order valence-corrected chi connectivity index (χ4v) is 3.92. The molecule has 0 bridgehead atoms. The molecule has 2 amide bonds. The summed E-state index contributed by atoms with van der Waals surface area (Å²) in [5, 5.41) is 4.86. The Bertz CT molecular complexity index is 1370. The normalized spacial score (nSPS) is 14.2. The minimum Gasteiger partial charge on any atom is -0.342 e. The van der Waals surface area contributed by atoms with Gasteiger partial charge in [-0.25, -0.2) is 9.97 Å². The summed E-state index contributed by atoms with van der Waals surface area (Å²) in [7, 11) is 0. The number of carbonyl (C=O) groups is 2. The summed E-state index contributed by atoms with van der Waals surface area (Å²) >= 11 is 6.52. The van der Waals surface area contributed by atoms with Crippen LogP contribution in [0.2, 0.25) is 5.02 Å². The number of pyridine rings is 1. The molecule has 0 saturated heterocycles. The van der Waals surface area contributed by atoms with Crippen molar-refractivity contribution < 1.29 is 22.8 Å². The minimum absolute atomic E-state index is 0.0968. The molecule has 0 spiro atoms. The van der Waals surface area contributed by atoms with Crippen LogP contribution in [0.3, 0.4) is 0 Å². The van der Waals surface area contributed by atoms with E-state index in [9.17, 15) is 22.8 Å². The van der Waals surface area contributed by atoms with Crippen LogP contribution in [0.5, 0.6) is 0 Å². The number of carbonyl (C=O) groups excluding carboxylic acids is 2. The van der Waals surface area contributed by atoms with Crippen LogP contribution in [-0.2, 0) is 11.0 Å². The average Bonchev–Trinajstić information content (AvgIpc) is 3.35. The summed E-state index contributed by atoms with van der Waals surface area (Å²) in [5.41, 5.74) is 2.36. The van der Waals surface area contributed by atoms with E-state index in [0.717, 1.165) is 17.5 Å². The summed E-state index contributed by atoms with van der Waals surface area (Å²) in [6.45, 7) is 7.26. The predicted octanol–water partition coefficient (Wildman–Crippen LogP) is 5.63. The van der Waals surface area contributed by atoms with E-state index in [1.165, 1.54) is 18.5 Å². The second-order valence-electron chi connectivity index (χ2n) is 7.38. The number of amides is 2. The molecule has 2 aromatic rings. The molecule has 0 aromatic carbocycles. The SMILES string of the molecule is C=C(/C=C(\N=CC)C(=O)N[C@H](C)c1ncc(C(=O)Nc2cc(C(F)(F)F)c(Cl)cn2)s1)N1C=C=CC=C1. The van der Waals surface area contributed by atoms with E-state index in [0.29, 0.717) is 16.8 Å². The molecule has 13 heteroatoms. The molecule has 3 heterocycles. The van der Waals surface area contributed by atoms with Gasteiger partial charge in [-0.1, -0.05) is 18.2 Å². The molecule has 3 rings (SSSR count). The molecule has 0 radical (unpaired) electrons. The molecule has 2 N–H and O–H groups in total. The Morgan fingerprint density at radius 1 is 1.32 bits per heavy atom. The maximum Gasteiger partial charge on any atom is 0.418 e. The first-order valence-electron chi connectivity index (χ1n) is 10.6.